The van der Waals surface area contributed by atoms with Crippen molar-refractivity contribution in [2.75, 3.05) is 31.1 Å². The third kappa shape index (κ3) is 6.19. The predicted molar refractivity (Wildman–Crippen MR) is 152 cm³/mol. The van der Waals surface area contributed by atoms with Crippen LogP contribution >= 0.6 is 11.6 Å². The molecule has 2 fully saturated rings. The van der Waals surface area contributed by atoms with Gasteiger partial charge in [-0.05, 0) is 62.1 Å². The average Bonchev–Trinajstić information content (AvgIpc) is 3.01. The van der Waals surface area contributed by atoms with Gasteiger partial charge in [0.05, 0.1) is 11.1 Å². The second-order valence-electron chi connectivity index (χ2n) is 10.5. The fourth-order valence-corrected chi connectivity index (χ4v) is 5.97. The zero-order valence-corrected chi connectivity index (χ0v) is 23.2. The van der Waals surface area contributed by atoms with Gasteiger partial charge in [-0.15, -0.1) is 0 Å². The van der Waals surface area contributed by atoms with Crippen molar-refractivity contribution in [2.45, 2.75) is 38.2 Å². The largest absolute Gasteiger partial charge is 0.474 e. The molecule has 0 bridgehead atoms. The van der Waals surface area contributed by atoms with Crippen LogP contribution in [0.25, 0.3) is 0 Å². The van der Waals surface area contributed by atoms with Crippen molar-refractivity contribution < 1.29 is 9.53 Å². The Morgan fingerprint density at radius 1 is 0.950 bits per heavy atom. The van der Waals surface area contributed by atoms with Crippen molar-refractivity contribution in [2.24, 2.45) is 11.8 Å². The first kappa shape index (κ1) is 27.4. The van der Waals surface area contributed by atoms with E-state index < -0.39 is 0 Å². The number of hydrogen-bond donors (Lipinski definition) is 0. The van der Waals surface area contributed by atoms with E-state index in [1.807, 2.05) is 35.2 Å². The van der Waals surface area contributed by atoms with Crippen LogP contribution < -0.4 is 9.64 Å². The van der Waals surface area contributed by atoms with Gasteiger partial charge in [0.1, 0.15) is 24.1 Å². The first-order valence-corrected chi connectivity index (χ1v) is 14.0. The number of rotatable bonds is 6. The van der Waals surface area contributed by atoms with Crippen molar-refractivity contribution in [1.82, 2.24) is 14.9 Å². The quantitative estimate of drug-likeness (QED) is 0.413. The van der Waals surface area contributed by atoms with E-state index in [0.717, 1.165) is 43.7 Å². The van der Waals surface area contributed by atoms with Gasteiger partial charge in [-0.1, -0.05) is 23.7 Å². The van der Waals surface area contributed by atoms with E-state index in [2.05, 4.69) is 33.9 Å². The Balaban J connectivity index is 1.25. The molecule has 3 atom stereocenters. The maximum Gasteiger partial charge on any atom is 0.225 e. The second-order valence-corrected chi connectivity index (χ2v) is 10.9. The molecule has 2 aliphatic heterocycles. The van der Waals surface area contributed by atoms with Crippen molar-refractivity contribution in [3.8, 4) is 18.0 Å². The molecule has 0 unspecified atom stereocenters. The Morgan fingerprint density at radius 3 is 2.23 bits per heavy atom. The Bertz CT molecular complexity index is 1390. The van der Waals surface area contributed by atoms with Gasteiger partial charge >= 0.3 is 0 Å². The molecular formula is C31H31ClN6O2. The summed E-state index contributed by atoms with van der Waals surface area (Å²) in [7, 11) is 0. The second kappa shape index (κ2) is 12.4. The lowest BCUT2D eigenvalue weighted by Crippen LogP contribution is -2.49. The summed E-state index contributed by atoms with van der Waals surface area (Å²) in [6, 6.07) is 19.2. The van der Waals surface area contributed by atoms with Gasteiger partial charge in [-0.3, -0.25) is 4.79 Å². The van der Waals surface area contributed by atoms with Gasteiger partial charge in [0.15, 0.2) is 0 Å². The van der Waals surface area contributed by atoms with E-state index in [0.29, 0.717) is 35.1 Å². The van der Waals surface area contributed by atoms with Gasteiger partial charge in [0.25, 0.3) is 0 Å². The molecule has 0 aliphatic carbocycles. The molecule has 1 aromatic carbocycles. The van der Waals surface area contributed by atoms with Gasteiger partial charge in [-0.25, -0.2) is 9.97 Å². The predicted octanol–water partition coefficient (Wildman–Crippen LogP) is 5.19. The van der Waals surface area contributed by atoms with E-state index in [9.17, 15) is 4.79 Å². The molecular weight excluding hydrogens is 524 g/mol. The standard InChI is InChI=1S/C31H31ClN6O2/c1-21(40-30-9-3-23(17-34)19-36-30)27-12-15-38(20-28(27)24-4-6-26(32)7-5-24)31(39)25-10-13-37(14-11-25)29-8-2-22(16-33)18-35-29/h2-9,18-19,21,25,27-28H,10-15,20H2,1H3/t21-,27+,28+/m0/s1. The highest BCUT2D eigenvalue weighted by atomic mass is 35.5. The van der Waals surface area contributed by atoms with E-state index in [4.69, 9.17) is 26.9 Å². The molecule has 0 radical (unpaired) electrons. The van der Waals surface area contributed by atoms with Crippen LogP contribution in [0.1, 0.15) is 48.8 Å². The Kier molecular flexibility index (Phi) is 8.48. The number of halogens is 1. The van der Waals surface area contributed by atoms with Crippen LogP contribution in [-0.4, -0.2) is 53.1 Å². The fraction of sp³-hybridized carbons (Fsp3) is 0.387. The molecule has 2 saturated heterocycles. The van der Waals surface area contributed by atoms with Gasteiger partial charge in [-0.2, -0.15) is 10.5 Å². The monoisotopic (exact) mass is 554 g/mol. The topological polar surface area (TPSA) is 106 Å². The summed E-state index contributed by atoms with van der Waals surface area (Å²) in [5.74, 6) is 1.79. The Hall–Kier alpha value is -4.14. The normalized spacial score (nSPS) is 20.3. The lowest BCUT2D eigenvalue weighted by Gasteiger charge is -2.43. The highest BCUT2D eigenvalue weighted by Gasteiger charge is 2.39. The molecule has 5 rings (SSSR count). The number of benzene rings is 1. The number of nitriles is 2. The number of carbonyl (C=O) groups is 1. The van der Waals surface area contributed by atoms with E-state index >= 15 is 0 Å². The molecule has 40 heavy (non-hydrogen) atoms. The first-order valence-electron chi connectivity index (χ1n) is 13.6. The highest BCUT2D eigenvalue weighted by Crippen LogP contribution is 2.37. The zero-order chi connectivity index (χ0) is 28.1. The number of hydrogen-bond acceptors (Lipinski definition) is 7. The molecule has 4 heterocycles. The number of amides is 1. The lowest BCUT2D eigenvalue weighted by atomic mass is 9.77. The average molecular weight is 555 g/mol. The van der Waals surface area contributed by atoms with Crippen molar-refractivity contribution in [1.29, 1.82) is 10.5 Å². The minimum atomic E-state index is -0.137. The molecule has 1 amide bonds. The summed E-state index contributed by atoms with van der Waals surface area (Å²) >= 11 is 6.19. The summed E-state index contributed by atoms with van der Waals surface area (Å²) < 4.78 is 6.23. The molecule has 8 nitrogen and oxygen atoms in total. The van der Waals surface area contributed by atoms with Crippen LogP contribution in [0.15, 0.2) is 60.9 Å². The SMILES string of the molecule is C[C@H](Oc1ccc(C#N)cn1)[C@H]1CCN(C(=O)C2CCN(c3ccc(C#N)cn3)CC2)C[C@@H]1c1ccc(Cl)cc1. The number of anilines is 1. The number of aromatic nitrogens is 2. The summed E-state index contributed by atoms with van der Waals surface area (Å²) in [5.41, 5.74) is 2.17. The molecule has 0 saturated carbocycles. The smallest absolute Gasteiger partial charge is 0.225 e. The number of pyridine rings is 2. The number of likely N-dealkylation sites (tertiary alicyclic amines) is 1. The van der Waals surface area contributed by atoms with Crippen molar-refractivity contribution in [3.05, 3.63) is 82.6 Å². The number of nitrogens with zero attached hydrogens (tertiary/aromatic N) is 6. The molecule has 204 valence electrons. The van der Waals surface area contributed by atoms with Crippen LogP contribution in [0.3, 0.4) is 0 Å². The molecule has 0 spiro atoms. The number of piperidine rings is 2. The van der Waals surface area contributed by atoms with Crippen molar-refractivity contribution >= 4 is 23.3 Å². The minimum absolute atomic E-state index is 0.0198. The molecule has 0 N–H and O–H groups in total. The number of carbonyl (C=O) groups excluding carboxylic acids is 1. The summed E-state index contributed by atoms with van der Waals surface area (Å²) in [5, 5.41) is 18.8. The maximum atomic E-state index is 13.7. The molecule has 9 heteroatoms. The Labute approximate surface area is 239 Å². The summed E-state index contributed by atoms with van der Waals surface area (Å²) in [6.45, 7) is 4.87. The van der Waals surface area contributed by atoms with E-state index in [-0.39, 0.29) is 29.8 Å². The summed E-state index contributed by atoms with van der Waals surface area (Å²) in [4.78, 5) is 26.6. The third-order valence-corrected chi connectivity index (χ3v) is 8.35. The van der Waals surface area contributed by atoms with Crippen LogP contribution in [0.5, 0.6) is 5.88 Å². The van der Waals surface area contributed by atoms with Crippen LogP contribution in [-0.2, 0) is 4.79 Å². The van der Waals surface area contributed by atoms with Crippen LogP contribution in [0.2, 0.25) is 5.02 Å². The minimum Gasteiger partial charge on any atom is -0.474 e. The first-order chi connectivity index (χ1) is 19.4. The third-order valence-electron chi connectivity index (χ3n) is 8.10. The maximum absolute atomic E-state index is 13.7. The Morgan fingerprint density at radius 2 is 1.62 bits per heavy atom. The van der Waals surface area contributed by atoms with Crippen molar-refractivity contribution in [3.63, 3.8) is 0 Å². The van der Waals surface area contributed by atoms with Gasteiger partial charge < -0.3 is 14.5 Å². The van der Waals surface area contributed by atoms with E-state index in [1.54, 1.807) is 24.4 Å². The zero-order valence-electron chi connectivity index (χ0n) is 22.4. The van der Waals surface area contributed by atoms with Gasteiger partial charge in [0, 0.05) is 67.4 Å². The lowest BCUT2D eigenvalue weighted by molar-refractivity contribution is -0.138. The van der Waals surface area contributed by atoms with Crippen LogP contribution in [0.4, 0.5) is 5.82 Å². The molecule has 2 aliphatic rings. The molecule has 2 aromatic heterocycles. The summed E-state index contributed by atoms with van der Waals surface area (Å²) in [6.07, 6.45) is 5.33. The number of ether oxygens (including phenoxy) is 1. The van der Waals surface area contributed by atoms with Gasteiger partial charge in [0.2, 0.25) is 11.8 Å². The highest BCUT2D eigenvalue weighted by molar-refractivity contribution is 6.30. The van der Waals surface area contributed by atoms with Crippen LogP contribution in [0, 0.1) is 34.5 Å². The fourth-order valence-electron chi connectivity index (χ4n) is 5.84. The van der Waals surface area contributed by atoms with E-state index in [1.165, 1.54) is 6.20 Å². The molecule has 3 aromatic rings.